The fraction of sp³-hybridized carbons (Fsp3) is 0.0588. The maximum atomic E-state index is 14.0. The van der Waals surface area contributed by atoms with Crippen molar-refractivity contribution >= 4 is 33.6 Å². The van der Waals surface area contributed by atoms with E-state index in [0.717, 1.165) is 10.0 Å². The number of aromatic nitrogens is 4. The molecule has 1 amide bonds. The van der Waals surface area contributed by atoms with Crippen LogP contribution in [-0.4, -0.2) is 26.1 Å². The quantitative estimate of drug-likeness (QED) is 0.678. The average molecular weight is 402 g/mol. The molecular formula is C17H13BrFN5O. The number of anilines is 1. The lowest BCUT2D eigenvalue weighted by Gasteiger charge is -2.07. The second-order valence-corrected chi connectivity index (χ2v) is 6.00. The lowest BCUT2D eigenvalue weighted by molar-refractivity contribution is -0.111. The van der Waals surface area contributed by atoms with Crippen LogP contribution in [0.25, 0.3) is 11.8 Å². The van der Waals surface area contributed by atoms with Crippen LogP contribution in [0.4, 0.5) is 10.1 Å². The number of aryl methyl sites for hydroxylation is 1. The summed E-state index contributed by atoms with van der Waals surface area (Å²) in [6.45, 7) is 1.66. The first-order valence-corrected chi connectivity index (χ1v) is 8.12. The molecule has 0 aliphatic carbocycles. The van der Waals surface area contributed by atoms with E-state index < -0.39 is 5.82 Å². The maximum Gasteiger partial charge on any atom is 0.248 e. The highest BCUT2D eigenvalue weighted by atomic mass is 79.9. The Labute approximate surface area is 151 Å². The van der Waals surface area contributed by atoms with Crippen LogP contribution in [0.1, 0.15) is 11.4 Å². The smallest absolute Gasteiger partial charge is 0.248 e. The monoisotopic (exact) mass is 401 g/mol. The highest BCUT2D eigenvalue weighted by Crippen LogP contribution is 2.20. The number of carbonyl (C=O) groups is 1. The zero-order valence-electron chi connectivity index (χ0n) is 13.1. The topological polar surface area (TPSA) is 72.7 Å². The Balaban J connectivity index is 1.78. The Kier molecular flexibility index (Phi) is 4.99. The van der Waals surface area contributed by atoms with Gasteiger partial charge in [-0.15, -0.1) is 5.10 Å². The molecule has 1 heterocycles. The van der Waals surface area contributed by atoms with Gasteiger partial charge in [-0.1, -0.05) is 34.1 Å². The van der Waals surface area contributed by atoms with Crippen LogP contribution in [0.5, 0.6) is 0 Å². The van der Waals surface area contributed by atoms with Crippen LogP contribution in [0.3, 0.4) is 0 Å². The molecule has 6 nitrogen and oxygen atoms in total. The van der Waals surface area contributed by atoms with Gasteiger partial charge >= 0.3 is 0 Å². The number of nitrogens with zero attached hydrogens (tertiary/aromatic N) is 4. The predicted molar refractivity (Wildman–Crippen MR) is 95.7 cm³/mol. The zero-order valence-corrected chi connectivity index (χ0v) is 14.7. The minimum atomic E-state index is -0.489. The highest BCUT2D eigenvalue weighted by molar-refractivity contribution is 9.10. The molecule has 0 atom stereocenters. The number of rotatable bonds is 4. The van der Waals surface area contributed by atoms with Crippen molar-refractivity contribution in [3.05, 3.63) is 70.2 Å². The van der Waals surface area contributed by atoms with Gasteiger partial charge in [-0.05, 0) is 53.3 Å². The van der Waals surface area contributed by atoms with Gasteiger partial charge in [0, 0.05) is 16.2 Å². The molecule has 126 valence electrons. The summed E-state index contributed by atoms with van der Waals surface area (Å²) < 4.78 is 16.2. The number of hydrogen-bond acceptors (Lipinski definition) is 4. The first-order chi connectivity index (χ1) is 12.0. The van der Waals surface area contributed by atoms with Crippen molar-refractivity contribution in [3.8, 4) is 5.69 Å². The van der Waals surface area contributed by atoms with E-state index in [1.54, 1.807) is 13.0 Å². The van der Waals surface area contributed by atoms with Crippen molar-refractivity contribution in [3.63, 3.8) is 0 Å². The zero-order chi connectivity index (χ0) is 17.8. The van der Waals surface area contributed by atoms with Crippen LogP contribution >= 0.6 is 15.9 Å². The van der Waals surface area contributed by atoms with Crippen molar-refractivity contribution < 1.29 is 9.18 Å². The molecule has 3 rings (SSSR count). The third-order valence-electron chi connectivity index (χ3n) is 3.39. The van der Waals surface area contributed by atoms with Crippen molar-refractivity contribution in [1.29, 1.82) is 0 Å². The van der Waals surface area contributed by atoms with E-state index in [9.17, 15) is 9.18 Å². The van der Waals surface area contributed by atoms with Gasteiger partial charge in [0.15, 0.2) is 5.82 Å². The lowest BCUT2D eigenvalue weighted by Crippen LogP contribution is -2.09. The molecule has 8 heteroatoms. The van der Waals surface area contributed by atoms with Gasteiger partial charge in [-0.25, -0.2) is 4.39 Å². The first-order valence-electron chi connectivity index (χ1n) is 7.33. The Morgan fingerprint density at radius 1 is 1.28 bits per heavy atom. The SMILES string of the molecule is Cc1nnnn1-c1cc(NC(=O)/C=C/c2ccccc2Br)ccc1F. The molecule has 0 unspecified atom stereocenters. The van der Waals surface area contributed by atoms with Crippen molar-refractivity contribution in [1.82, 2.24) is 20.2 Å². The van der Waals surface area contributed by atoms with Crippen molar-refractivity contribution in [2.45, 2.75) is 6.92 Å². The van der Waals surface area contributed by atoms with Gasteiger partial charge in [0.05, 0.1) is 0 Å². The fourth-order valence-corrected chi connectivity index (χ4v) is 2.58. The van der Waals surface area contributed by atoms with Gasteiger partial charge in [0.1, 0.15) is 11.5 Å². The number of hydrogen-bond donors (Lipinski definition) is 1. The second kappa shape index (κ2) is 7.35. The molecule has 0 fully saturated rings. The number of tetrazole rings is 1. The number of carbonyl (C=O) groups excluding carboxylic acids is 1. The van der Waals surface area contributed by atoms with Crippen molar-refractivity contribution in [2.75, 3.05) is 5.32 Å². The average Bonchev–Trinajstić information content (AvgIpc) is 3.02. The van der Waals surface area contributed by atoms with Gasteiger partial charge in [-0.3, -0.25) is 4.79 Å². The van der Waals surface area contributed by atoms with Crippen LogP contribution < -0.4 is 5.32 Å². The van der Waals surface area contributed by atoms with Gasteiger partial charge < -0.3 is 5.32 Å². The molecule has 0 aliphatic heterocycles. The van der Waals surface area contributed by atoms with E-state index in [0.29, 0.717) is 11.5 Å². The summed E-state index contributed by atoms with van der Waals surface area (Å²) in [5, 5.41) is 13.7. The largest absolute Gasteiger partial charge is 0.322 e. The van der Waals surface area contributed by atoms with E-state index in [2.05, 4.69) is 36.8 Å². The van der Waals surface area contributed by atoms with Crippen LogP contribution in [0.15, 0.2) is 53.0 Å². The van der Waals surface area contributed by atoms with E-state index in [-0.39, 0.29) is 11.6 Å². The number of amides is 1. The summed E-state index contributed by atoms with van der Waals surface area (Å²) in [6.07, 6.45) is 3.10. The fourth-order valence-electron chi connectivity index (χ4n) is 2.17. The Hall–Kier alpha value is -2.87. The molecular weight excluding hydrogens is 389 g/mol. The molecule has 0 aliphatic rings. The molecule has 1 aromatic heterocycles. The minimum Gasteiger partial charge on any atom is -0.322 e. The summed E-state index contributed by atoms with van der Waals surface area (Å²) in [5.74, 6) is -0.380. The van der Waals surface area contributed by atoms with E-state index in [4.69, 9.17) is 0 Å². The maximum absolute atomic E-state index is 14.0. The Morgan fingerprint density at radius 3 is 2.80 bits per heavy atom. The third-order valence-corrected chi connectivity index (χ3v) is 4.11. The van der Waals surface area contributed by atoms with Crippen molar-refractivity contribution in [2.24, 2.45) is 0 Å². The molecule has 1 N–H and O–H groups in total. The predicted octanol–water partition coefficient (Wildman–Crippen LogP) is 3.52. The summed E-state index contributed by atoms with van der Waals surface area (Å²) in [4.78, 5) is 12.1. The summed E-state index contributed by atoms with van der Waals surface area (Å²) in [7, 11) is 0. The molecule has 0 bridgehead atoms. The summed E-state index contributed by atoms with van der Waals surface area (Å²) in [6, 6.07) is 11.7. The van der Waals surface area contributed by atoms with Crippen LogP contribution in [0.2, 0.25) is 0 Å². The summed E-state index contributed by atoms with van der Waals surface area (Å²) in [5.41, 5.74) is 1.48. The molecule has 3 aromatic rings. The number of benzene rings is 2. The lowest BCUT2D eigenvalue weighted by atomic mass is 10.2. The standard InChI is InChI=1S/C17H13BrFN5O/c1-11-21-22-23-24(11)16-10-13(7-8-15(16)19)20-17(25)9-6-12-4-2-3-5-14(12)18/h2-10H,1H3,(H,20,25)/b9-6+. The normalized spacial score (nSPS) is 11.0. The second-order valence-electron chi connectivity index (χ2n) is 5.15. The van der Waals surface area contributed by atoms with Gasteiger partial charge in [0.2, 0.25) is 5.91 Å². The summed E-state index contributed by atoms with van der Waals surface area (Å²) >= 11 is 3.41. The molecule has 0 spiro atoms. The van der Waals surface area contributed by atoms with Crippen LogP contribution in [-0.2, 0) is 4.79 Å². The van der Waals surface area contributed by atoms with Gasteiger partial charge in [-0.2, -0.15) is 4.68 Å². The third kappa shape index (κ3) is 3.97. The number of halogens is 2. The van der Waals surface area contributed by atoms with E-state index in [1.165, 1.54) is 29.0 Å². The van der Waals surface area contributed by atoms with Crippen LogP contribution in [0, 0.1) is 12.7 Å². The minimum absolute atomic E-state index is 0.162. The number of nitrogens with one attached hydrogen (secondary N) is 1. The van der Waals surface area contributed by atoms with E-state index in [1.807, 2.05) is 24.3 Å². The molecule has 25 heavy (non-hydrogen) atoms. The first kappa shape index (κ1) is 17.0. The molecule has 0 saturated heterocycles. The van der Waals surface area contributed by atoms with E-state index >= 15 is 0 Å². The molecule has 0 saturated carbocycles. The van der Waals surface area contributed by atoms with Gasteiger partial charge in [0.25, 0.3) is 0 Å². The Bertz CT molecular complexity index is 954. The Morgan fingerprint density at radius 2 is 2.08 bits per heavy atom. The molecule has 0 radical (unpaired) electrons. The highest BCUT2D eigenvalue weighted by Gasteiger charge is 2.11. The molecule has 2 aromatic carbocycles.